The number of hydrogen-bond donors (Lipinski definition) is 3. The van der Waals surface area contributed by atoms with Gasteiger partial charge in [0.25, 0.3) is 5.91 Å². The number of aromatic nitrogens is 3. The molecular formula is C21H20ClFN4O3. The summed E-state index contributed by atoms with van der Waals surface area (Å²) < 4.78 is 14.1. The summed E-state index contributed by atoms with van der Waals surface area (Å²) in [5.41, 5.74) is 2.05. The van der Waals surface area contributed by atoms with Crippen molar-refractivity contribution in [3.05, 3.63) is 70.8 Å². The zero-order chi connectivity index (χ0) is 21.7. The third kappa shape index (κ3) is 5.42. The molecule has 3 rings (SSSR count). The van der Waals surface area contributed by atoms with Crippen LogP contribution in [0, 0.1) is 11.7 Å². The van der Waals surface area contributed by atoms with Crippen LogP contribution in [0.25, 0.3) is 11.1 Å². The number of carbonyl (C=O) groups is 2. The molecule has 1 amide bonds. The number of nitrogens with zero attached hydrogens (tertiary/aromatic N) is 2. The lowest BCUT2D eigenvalue weighted by Gasteiger charge is -2.20. The van der Waals surface area contributed by atoms with Crippen molar-refractivity contribution in [2.75, 3.05) is 0 Å². The molecule has 0 saturated heterocycles. The summed E-state index contributed by atoms with van der Waals surface area (Å²) in [6.45, 7) is 1.59. The van der Waals surface area contributed by atoms with Crippen molar-refractivity contribution in [1.82, 2.24) is 20.7 Å². The Morgan fingerprint density at radius 1 is 1.23 bits per heavy atom. The number of H-pyrrole nitrogens is 1. The maximum atomic E-state index is 14.1. The fraction of sp³-hybridized carbons (Fsp3) is 0.238. The smallest absolute Gasteiger partial charge is 0.306 e. The predicted octanol–water partition coefficient (Wildman–Crippen LogP) is 3.72. The van der Waals surface area contributed by atoms with E-state index in [1.807, 2.05) is 12.1 Å². The van der Waals surface area contributed by atoms with E-state index >= 15 is 0 Å². The minimum Gasteiger partial charge on any atom is -0.481 e. The first-order valence-corrected chi connectivity index (χ1v) is 9.65. The Hall–Kier alpha value is -3.26. The molecule has 0 aliphatic carbocycles. The van der Waals surface area contributed by atoms with Gasteiger partial charge < -0.3 is 10.4 Å². The second-order valence-electron chi connectivity index (χ2n) is 7.03. The van der Waals surface area contributed by atoms with Gasteiger partial charge >= 0.3 is 5.97 Å². The van der Waals surface area contributed by atoms with Crippen LogP contribution < -0.4 is 5.32 Å². The maximum Gasteiger partial charge on any atom is 0.306 e. The van der Waals surface area contributed by atoms with Crippen molar-refractivity contribution in [2.45, 2.75) is 25.8 Å². The molecule has 0 saturated carbocycles. The maximum absolute atomic E-state index is 14.1. The van der Waals surface area contributed by atoms with Crippen LogP contribution in [0.4, 0.5) is 4.39 Å². The van der Waals surface area contributed by atoms with Crippen LogP contribution in [0.5, 0.6) is 0 Å². The fourth-order valence-electron chi connectivity index (χ4n) is 3.11. The van der Waals surface area contributed by atoms with Gasteiger partial charge in [0.2, 0.25) is 0 Å². The van der Waals surface area contributed by atoms with Gasteiger partial charge in [0, 0.05) is 16.6 Å². The first-order chi connectivity index (χ1) is 14.3. The van der Waals surface area contributed by atoms with Crippen LogP contribution in [0.15, 0.2) is 48.7 Å². The van der Waals surface area contributed by atoms with Gasteiger partial charge in [-0.05, 0) is 42.2 Å². The van der Waals surface area contributed by atoms with E-state index < -0.39 is 23.8 Å². The van der Waals surface area contributed by atoms with E-state index in [4.69, 9.17) is 11.6 Å². The number of carbonyl (C=O) groups excluding carboxylic acids is 1. The molecule has 0 aliphatic rings. The zero-order valence-corrected chi connectivity index (χ0v) is 16.9. The van der Waals surface area contributed by atoms with Gasteiger partial charge in [-0.25, -0.2) is 4.39 Å². The van der Waals surface area contributed by atoms with E-state index in [1.54, 1.807) is 25.1 Å². The molecule has 0 aliphatic heterocycles. The molecule has 1 aromatic heterocycles. The molecule has 9 heteroatoms. The Labute approximate surface area is 177 Å². The second kappa shape index (κ2) is 9.49. The van der Waals surface area contributed by atoms with E-state index in [0.29, 0.717) is 22.6 Å². The Balaban J connectivity index is 1.76. The molecule has 3 aromatic rings. The Bertz CT molecular complexity index is 1030. The summed E-state index contributed by atoms with van der Waals surface area (Å²) in [7, 11) is 0. The van der Waals surface area contributed by atoms with E-state index in [9.17, 15) is 19.1 Å². The summed E-state index contributed by atoms with van der Waals surface area (Å²) in [6.07, 6.45) is 1.93. The van der Waals surface area contributed by atoms with E-state index in [0.717, 1.165) is 5.56 Å². The molecule has 2 atom stereocenters. The predicted molar refractivity (Wildman–Crippen MR) is 110 cm³/mol. The largest absolute Gasteiger partial charge is 0.481 e. The molecule has 3 N–H and O–H groups in total. The van der Waals surface area contributed by atoms with Crippen LogP contribution in [0.3, 0.4) is 0 Å². The van der Waals surface area contributed by atoms with Crippen molar-refractivity contribution in [2.24, 2.45) is 5.92 Å². The number of hydrogen-bond acceptors (Lipinski definition) is 4. The molecule has 2 aromatic carbocycles. The lowest BCUT2D eigenvalue weighted by Crippen LogP contribution is -2.38. The van der Waals surface area contributed by atoms with Crippen molar-refractivity contribution in [3.63, 3.8) is 0 Å². The lowest BCUT2D eigenvalue weighted by atomic mass is 9.94. The number of carboxylic acid groups (broad SMARTS) is 1. The number of rotatable bonds is 8. The van der Waals surface area contributed by atoms with Crippen LogP contribution in [-0.4, -0.2) is 38.4 Å². The number of nitrogens with one attached hydrogen (secondary N) is 2. The van der Waals surface area contributed by atoms with Gasteiger partial charge in [-0.15, -0.1) is 0 Å². The van der Waals surface area contributed by atoms with Gasteiger partial charge in [-0.2, -0.15) is 15.4 Å². The summed E-state index contributed by atoms with van der Waals surface area (Å²) in [5.74, 6) is -2.40. The number of benzene rings is 2. The van der Waals surface area contributed by atoms with Crippen molar-refractivity contribution in [3.8, 4) is 11.1 Å². The third-order valence-electron chi connectivity index (χ3n) is 4.72. The van der Waals surface area contributed by atoms with Gasteiger partial charge in [0.1, 0.15) is 5.82 Å². The molecule has 2 unspecified atom stereocenters. The van der Waals surface area contributed by atoms with Gasteiger partial charge in [-0.1, -0.05) is 42.8 Å². The standard InChI is InChI=1S/C21H20ClFN4O3/c1-12(21(29)30)8-16(25-20(28)19-11-24-27-26-19)9-13-2-4-14(5-3-13)17-10-15(22)6-7-18(17)23/h2-7,10-12,16H,8-9H2,1H3,(H,25,28)(H,29,30)(H,24,26,27). The minimum absolute atomic E-state index is 0.120. The third-order valence-corrected chi connectivity index (χ3v) is 4.95. The zero-order valence-electron chi connectivity index (χ0n) is 16.1. The van der Waals surface area contributed by atoms with Crippen molar-refractivity contribution in [1.29, 1.82) is 0 Å². The average molecular weight is 431 g/mol. The highest BCUT2D eigenvalue weighted by Crippen LogP contribution is 2.26. The molecular weight excluding hydrogens is 411 g/mol. The summed E-state index contributed by atoms with van der Waals surface area (Å²) >= 11 is 5.96. The topological polar surface area (TPSA) is 108 Å². The number of amides is 1. The molecule has 0 fully saturated rings. The Kier molecular flexibility index (Phi) is 6.79. The number of carboxylic acids is 1. The van der Waals surface area contributed by atoms with Crippen LogP contribution in [-0.2, 0) is 11.2 Å². The molecule has 1 heterocycles. The van der Waals surface area contributed by atoms with Crippen LogP contribution >= 0.6 is 11.6 Å². The van der Waals surface area contributed by atoms with Crippen LogP contribution in [0.2, 0.25) is 5.02 Å². The van der Waals surface area contributed by atoms with Crippen molar-refractivity contribution < 1.29 is 19.1 Å². The minimum atomic E-state index is -0.942. The van der Waals surface area contributed by atoms with E-state index in [1.165, 1.54) is 18.3 Å². The number of aromatic amines is 1. The summed E-state index contributed by atoms with van der Waals surface area (Å²) in [6, 6.07) is 11.1. The molecule has 156 valence electrons. The SMILES string of the molecule is CC(CC(Cc1ccc(-c2cc(Cl)ccc2F)cc1)NC(=O)c1cn[nH]n1)C(=O)O. The monoisotopic (exact) mass is 430 g/mol. The normalized spacial score (nSPS) is 12.9. The summed E-state index contributed by atoms with van der Waals surface area (Å²) in [4.78, 5) is 23.6. The number of halogens is 2. The highest BCUT2D eigenvalue weighted by atomic mass is 35.5. The highest BCUT2D eigenvalue weighted by molar-refractivity contribution is 6.30. The lowest BCUT2D eigenvalue weighted by molar-refractivity contribution is -0.141. The molecule has 0 bridgehead atoms. The fourth-order valence-corrected chi connectivity index (χ4v) is 3.29. The first-order valence-electron chi connectivity index (χ1n) is 9.27. The summed E-state index contributed by atoms with van der Waals surface area (Å²) in [5, 5.41) is 22.2. The quantitative estimate of drug-likeness (QED) is 0.504. The average Bonchev–Trinajstić information content (AvgIpc) is 3.25. The van der Waals surface area contributed by atoms with Crippen LogP contribution in [0.1, 0.15) is 29.4 Å². The van der Waals surface area contributed by atoms with E-state index in [-0.39, 0.29) is 17.9 Å². The molecule has 0 spiro atoms. The Morgan fingerprint density at radius 2 is 1.97 bits per heavy atom. The molecule has 30 heavy (non-hydrogen) atoms. The molecule has 0 radical (unpaired) electrons. The van der Waals surface area contributed by atoms with Gasteiger partial charge in [0.05, 0.1) is 12.1 Å². The number of aliphatic carboxylic acids is 1. The highest BCUT2D eigenvalue weighted by Gasteiger charge is 2.22. The van der Waals surface area contributed by atoms with E-state index in [2.05, 4.69) is 20.7 Å². The second-order valence-corrected chi connectivity index (χ2v) is 7.46. The first kappa shape index (κ1) is 21.4. The van der Waals surface area contributed by atoms with Gasteiger partial charge in [-0.3, -0.25) is 9.59 Å². The molecule has 7 nitrogen and oxygen atoms in total. The Morgan fingerprint density at radius 3 is 2.60 bits per heavy atom. The van der Waals surface area contributed by atoms with Crippen molar-refractivity contribution >= 4 is 23.5 Å². The van der Waals surface area contributed by atoms with Gasteiger partial charge in [0.15, 0.2) is 5.69 Å².